The lowest BCUT2D eigenvalue weighted by molar-refractivity contribution is 0.0912. The smallest absolute Gasteiger partial charge is 0.255 e. The van der Waals surface area contributed by atoms with Crippen molar-refractivity contribution in [2.75, 3.05) is 32.7 Å². The van der Waals surface area contributed by atoms with Crippen LogP contribution < -0.4 is 20.1 Å². The van der Waals surface area contributed by atoms with Crippen molar-refractivity contribution in [1.82, 2.24) is 15.3 Å². The first-order valence-corrected chi connectivity index (χ1v) is 10.5. The van der Waals surface area contributed by atoms with Crippen LogP contribution in [0.25, 0.3) is 11.3 Å². The summed E-state index contributed by atoms with van der Waals surface area (Å²) >= 11 is 0. The molecule has 0 saturated heterocycles. The van der Waals surface area contributed by atoms with Gasteiger partial charge in [0.15, 0.2) is 11.6 Å². The summed E-state index contributed by atoms with van der Waals surface area (Å²) in [5, 5.41) is 6.19. The SMILES string of the molecule is COc1c(F)cccc1Nc1c2[nH]c3c1C(=O)NC[C@@H]3/C=C\[C@H](OC)COc1cnccc1-2. The monoisotopic (exact) mass is 450 g/mol. The molecule has 0 aliphatic carbocycles. The van der Waals surface area contributed by atoms with Gasteiger partial charge in [-0.2, -0.15) is 0 Å². The van der Waals surface area contributed by atoms with Gasteiger partial charge in [0.1, 0.15) is 18.5 Å². The number of hydrogen-bond donors (Lipinski definition) is 3. The maximum Gasteiger partial charge on any atom is 0.255 e. The first-order chi connectivity index (χ1) is 16.1. The number of anilines is 2. The minimum atomic E-state index is -0.508. The molecule has 1 aromatic carbocycles. The fourth-order valence-electron chi connectivity index (χ4n) is 4.20. The Kier molecular flexibility index (Phi) is 5.47. The number of para-hydroxylation sites is 1. The van der Waals surface area contributed by atoms with E-state index >= 15 is 0 Å². The van der Waals surface area contributed by atoms with E-state index in [4.69, 9.17) is 14.2 Å². The Bertz CT molecular complexity index is 1240. The van der Waals surface area contributed by atoms with E-state index in [2.05, 4.69) is 20.6 Å². The van der Waals surface area contributed by atoms with Gasteiger partial charge in [0.05, 0.1) is 35.9 Å². The maximum atomic E-state index is 14.4. The van der Waals surface area contributed by atoms with Crippen LogP contribution in [0.3, 0.4) is 0 Å². The van der Waals surface area contributed by atoms with Crippen molar-refractivity contribution >= 4 is 17.3 Å². The normalized spacial score (nSPS) is 20.0. The number of nitrogens with one attached hydrogen (secondary N) is 3. The fraction of sp³-hybridized carbons (Fsp3) is 0.250. The summed E-state index contributed by atoms with van der Waals surface area (Å²) in [6.07, 6.45) is 6.93. The molecule has 1 amide bonds. The number of aromatic amines is 1. The lowest BCUT2D eigenvalue weighted by Crippen LogP contribution is -2.34. The second-order valence-corrected chi connectivity index (χ2v) is 7.77. The number of pyridine rings is 1. The Morgan fingerprint density at radius 3 is 2.94 bits per heavy atom. The molecule has 2 aliphatic rings. The van der Waals surface area contributed by atoms with Crippen LogP contribution in [-0.2, 0) is 4.74 Å². The van der Waals surface area contributed by atoms with Crippen molar-refractivity contribution < 1.29 is 23.4 Å². The summed E-state index contributed by atoms with van der Waals surface area (Å²) in [7, 11) is 3.02. The highest BCUT2D eigenvalue weighted by molar-refractivity contribution is 6.07. The highest BCUT2D eigenvalue weighted by atomic mass is 19.1. The Morgan fingerprint density at radius 1 is 1.24 bits per heavy atom. The second kappa shape index (κ2) is 8.59. The van der Waals surface area contributed by atoms with E-state index < -0.39 is 5.82 Å². The average Bonchev–Trinajstić information content (AvgIpc) is 3.19. The molecule has 8 nitrogen and oxygen atoms in total. The van der Waals surface area contributed by atoms with E-state index in [0.29, 0.717) is 47.1 Å². The standard InChI is InChI=1S/C24H23FN4O4/c1-31-14-7-6-13-10-27-24(30)19-20(13)29-21(15-8-9-26-11-18(15)33-12-14)22(19)28-17-5-3-4-16(25)23(17)32-2/h3-9,11,13-14,28-29H,10,12H2,1-2H3,(H,27,30)/b7-6-/t13-,14-/m0/s1. The molecule has 3 N–H and O–H groups in total. The van der Waals surface area contributed by atoms with Crippen molar-refractivity contribution in [3.8, 4) is 22.8 Å². The molecule has 9 heteroatoms. The molecule has 170 valence electrons. The molecule has 2 atom stereocenters. The van der Waals surface area contributed by atoms with E-state index in [-0.39, 0.29) is 23.7 Å². The third-order valence-electron chi connectivity index (χ3n) is 5.86. The van der Waals surface area contributed by atoms with E-state index in [0.717, 1.165) is 5.69 Å². The molecule has 0 fully saturated rings. The summed E-state index contributed by atoms with van der Waals surface area (Å²) in [5.74, 6) is -0.262. The number of carbonyl (C=O) groups excluding carboxylic acids is 1. The predicted molar refractivity (Wildman–Crippen MR) is 121 cm³/mol. The zero-order chi connectivity index (χ0) is 22.9. The fourth-order valence-corrected chi connectivity index (χ4v) is 4.20. The van der Waals surface area contributed by atoms with Crippen molar-refractivity contribution in [2.45, 2.75) is 12.0 Å². The summed E-state index contributed by atoms with van der Waals surface area (Å²) in [6, 6.07) is 6.40. The summed E-state index contributed by atoms with van der Waals surface area (Å²) in [5.41, 5.74) is 3.45. The molecule has 5 rings (SSSR count). The Balaban J connectivity index is 1.74. The van der Waals surface area contributed by atoms with Gasteiger partial charge in [-0.1, -0.05) is 18.2 Å². The van der Waals surface area contributed by atoms with Crippen LogP contribution >= 0.6 is 0 Å². The molecular formula is C24H23FN4O4. The van der Waals surface area contributed by atoms with Gasteiger partial charge >= 0.3 is 0 Å². The van der Waals surface area contributed by atoms with Gasteiger partial charge in [-0.05, 0) is 18.2 Å². The molecule has 2 aliphatic heterocycles. The van der Waals surface area contributed by atoms with Crippen LogP contribution in [0.5, 0.6) is 11.5 Å². The molecule has 2 aromatic heterocycles. The molecule has 4 heterocycles. The Hall–Kier alpha value is -3.85. The Labute approximate surface area is 189 Å². The first kappa shape index (κ1) is 21.0. The number of fused-ring (bicyclic) bond motifs is 3. The first-order valence-electron chi connectivity index (χ1n) is 10.5. The number of H-pyrrole nitrogens is 1. The highest BCUT2D eigenvalue weighted by Crippen LogP contribution is 2.44. The van der Waals surface area contributed by atoms with E-state index in [9.17, 15) is 9.18 Å². The summed E-state index contributed by atoms with van der Waals surface area (Å²) < 4.78 is 31.2. The molecule has 0 spiro atoms. The minimum Gasteiger partial charge on any atom is -0.492 e. The lowest BCUT2D eigenvalue weighted by Gasteiger charge is -2.22. The molecule has 3 aromatic rings. The number of benzene rings is 1. The summed E-state index contributed by atoms with van der Waals surface area (Å²) in [6.45, 7) is 0.732. The van der Waals surface area contributed by atoms with E-state index in [1.807, 2.05) is 12.2 Å². The van der Waals surface area contributed by atoms with Gasteiger partial charge in [-0.3, -0.25) is 9.78 Å². The third-order valence-corrected chi connectivity index (χ3v) is 5.86. The number of hydrogen-bond acceptors (Lipinski definition) is 6. The maximum absolute atomic E-state index is 14.4. The zero-order valence-corrected chi connectivity index (χ0v) is 18.1. The van der Waals surface area contributed by atoms with Gasteiger partial charge < -0.3 is 29.8 Å². The molecule has 2 bridgehead atoms. The van der Waals surface area contributed by atoms with Crippen molar-refractivity contribution in [1.29, 1.82) is 0 Å². The quantitative estimate of drug-likeness (QED) is 0.524. The molecular weight excluding hydrogens is 427 g/mol. The van der Waals surface area contributed by atoms with Gasteiger partial charge in [-0.15, -0.1) is 0 Å². The molecule has 0 radical (unpaired) electrons. The number of amides is 1. The number of rotatable bonds is 4. The second-order valence-electron chi connectivity index (χ2n) is 7.77. The predicted octanol–water partition coefficient (Wildman–Crippen LogP) is 3.76. The third kappa shape index (κ3) is 3.70. The number of aromatic nitrogens is 2. The number of ether oxygens (including phenoxy) is 3. The lowest BCUT2D eigenvalue weighted by atomic mass is 9.95. The summed E-state index contributed by atoms with van der Waals surface area (Å²) in [4.78, 5) is 20.7. The highest BCUT2D eigenvalue weighted by Gasteiger charge is 2.33. The van der Waals surface area contributed by atoms with Crippen molar-refractivity contribution in [2.24, 2.45) is 0 Å². The largest absolute Gasteiger partial charge is 0.492 e. The molecule has 0 saturated carbocycles. The number of halogens is 1. The van der Waals surface area contributed by atoms with E-state index in [1.165, 1.54) is 13.2 Å². The Morgan fingerprint density at radius 2 is 2.12 bits per heavy atom. The number of methoxy groups -OCH3 is 2. The van der Waals surface area contributed by atoms with Gasteiger partial charge in [0.2, 0.25) is 0 Å². The van der Waals surface area contributed by atoms with Crippen molar-refractivity contribution in [3.63, 3.8) is 0 Å². The van der Waals surface area contributed by atoms with Crippen LogP contribution in [0.15, 0.2) is 48.8 Å². The average molecular weight is 450 g/mol. The molecule has 0 unspecified atom stereocenters. The zero-order valence-electron chi connectivity index (χ0n) is 18.1. The topological polar surface area (TPSA) is 97.5 Å². The van der Waals surface area contributed by atoms with E-state index in [1.54, 1.807) is 37.7 Å². The number of nitrogens with zero attached hydrogens (tertiary/aromatic N) is 1. The van der Waals surface area contributed by atoms with Crippen LogP contribution in [-0.4, -0.2) is 49.4 Å². The van der Waals surface area contributed by atoms with Crippen LogP contribution in [0, 0.1) is 5.82 Å². The number of carbonyl (C=O) groups is 1. The minimum absolute atomic E-state index is 0.0568. The van der Waals surface area contributed by atoms with Gasteiger partial charge in [0.25, 0.3) is 5.91 Å². The van der Waals surface area contributed by atoms with Crippen molar-refractivity contribution in [3.05, 3.63) is 65.9 Å². The van der Waals surface area contributed by atoms with Crippen LogP contribution in [0.4, 0.5) is 15.8 Å². The van der Waals surface area contributed by atoms with Crippen LogP contribution in [0.1, 0.15) is 22.0 Å². The van der Waals surface area contributed by atoms with Gasteiger partial charge in [0, 0.05) is 37.0 Å². The van der Waals surface area contributed by atoms with Gasteiger partial charge in [-0.25, -0.2) is 4.39 Å². The van der Waals surface area contributed by atoms with Crippen LogP contribution in [0.2, 0.25) is 0 Å². The molecule has 33 heavy (non-hydrogen) atoms.